The molecule has 5 heteroatoms. The molecule has 3 rings (SSSR count). The van der Waals surface area contributed by atoms with Crippen molar-refractivity contribution in [2.24, 2.45) is 0 Å². The average Bonchev–Trinajstić information content (AvgIpc) is 2.58. The molecule has 0 saturated carbocycles. The normalized spacial score (nSPS) is 16.4. The summed E-state index contributed by atoms with van der Waals surface area (Å²) in [5, 5.41) is 0. The second-order valence-corrected chi connectivity index (χ2v) is 8.33. The molecule has 4 nitrogen and oxygen atoms in total. The molecule has 2 aromatic rings. The number of piperazine rings is 1. The van der Waals surface area contributed by atoms with Crippen LogP contribution in [0.5, 0.6) is 0 Å². The summed E-state index contributed by atoms with van der Waals surface area (Å²) < 4.78 is 27.3. The van der Waals surface area contributed by atoms with E-state index in [4.69, 9.17) is 0 Å². The van der Waals surface area contributed by atoms with E-state index in [1.807, 2.05) is 19.1 Å². The molecule has 2 aromatic carbocycles. The van der Waals surface area contributed by atoms with Gasteiger partial charge in [-0.15, -0.1) is 0 Å². The van der Waals surface area contributed by atoms with Gasteiger partial charge in [0.05, 0.1) is 4.90 Å². The lowest BCUT2D eigenvalue weighted by Crippen LogP contribution is -2.48. The Kier molecular flexibility index (Phi) is 4.65. The monoisotopic (exact) mass is 344 g/mol. The molecule has 0 aliphatic carbocycles. The van der Waals surface area contributed by atoms with Crippen LogP contribution in [0.4, 0.5) is 5.69 Å². The maximum Gasteiger partial charge on any atom is 0.243 e. The van der Waals surface area contributed by atoms with E-state index < -0.39 is 10.0 Å². The number of aryl methyl sites for hydroxylation is 3. The van der Waals surface area contributed by atoms with Crippen molar-refractivity contribution in [1.29, 1.82) is 0 Å². The Balaban J connectivity index is 1.75. The fraction of sp³-hybridized carbons (Fsp3) is 0.368. The molecule has 1 aliphatic heterocycles. The van der Waals surface area contributed by atoms with Gasteiger partial charge in [0.2, 0.25) is 10.0 Å². The first-order valence-corrected chi connectivity index (χ1v) is 9.71. The lowest BCUT2D eigenvalue weighted by atomic mass is 10.1. The summed E-state index contributed by atoms with van der Waals surface area (Å²) in [5.74, 6) is 0. The third-order valence-corrected chi connectivity index (χ3v) is 6.86. The molecule has 0 amide bonds. The molecule has 0 spiro atoms. The zero-order valence-corrected chi connectivity index (χ0v) is 15.3. The molecule has 0 N–H and O–H groups in total. The van der Waals surface area contributed by atoms with E-state index in [1.54, 1.807) is 16.4 Å². The van der Waals surface area contributed by atoms with E-state index in [0.717, 1.165) is 5.56 Å². The van der Waals surface area contributed by atoms with Gasteiger partial charge in [-0.1, -0.05) is 24.3 Å². The molecular formula is C19H24N2O2S. The summed E-state index contributed by atoms with van der Waals surface area (Å²) in [7, 11) is -3.41. The molecular weight excluding hydrogens is 320 g/mol. The molecule has 128 valence electrons. The first kappa shape index (κ1) is 17.0. The van der Waals surface area contributed by atoms with Gasteiger partial charge in [0.25, 0.3) is 0 Å². The molecule has 0 bridgehead atoms. The molecule has 24 heavy (non-hydrogen) atoms. The van der Waals surface area contributed by atoms with Crippen LogP contribution in [-0.2, 0) is 10.0 Å². The zero-order chi connectivity index (χ0) is 17.3. The number of benzene rings is 2. The van der Waals surface area contributed by atoms with Crippen molar-refractivity contribution in [3.63, 3.8) is 0 Å². The minimum absolute atomic E-state index is 0.421. The molecule has 0 radical (unpaired) electrons. The quantitative estimate of drug-likeness (QED) is 0.859. The van der Waals surface area contributed by atoms with E-state index in [-0.39, 0.29) is 0 Å². The number of hydrogen-bond acceptors (Lipinski definition) is 3. The van der Waals surface area contributed by atoms with Crippen LogP contribution in [0.2, 0.25) is 0 Å². The van der Waals surface area contributed by atoms with E-state index in [9.17, 15) is 8.42 Å². The van der Waals surface area contributed by atoms with Crippen LogP contribution in [0.15, 0.2) is 47.4 Å². The largest absolute Gasteiger partial charge is 0.369 e. The van der Waals surface area contributed by atoms with E-state index >= 15 is 0 Å². The Morgan fingerprint density at radius 2 is 1.46 bits per heavy atom. The van der Waals surface area contributed by atoms with Crippen LogP contribution in [0, 0.1) is 20.8 Å². The van der Waals surface area contributed by atoms with Gasteiger partial charge in [-0.05, 0) is 55.7 Å². The fourth-order valence-electron chi connectivity index (χ4n) is 3.09. The van der Waals surface area contributed by atoms with E-state index in [1.165, 1.54) is 16.8 Å². The number of nitrogens with zero attached hydrogens (tertiary/aromatic N) is 2. The van der Waals surface area contributed by atoms with Gasteiger partial charge in [0.1, 0.15) is 0 Å². The van der Waals surface area contributed by atoms with Gasteiger partial charge in [-0.2, -0.15) is 4.31 Å². The smallest absolute Gasteiger partial charge is 0.243 e. The fourth-order valence-corrected chi connectivity index (χ4v) is 4.74. The summed E-state index contributed by atoms with van der Waals surface area (Å²) in [6, 6.07) is 13.6. The van der Waals surface area contributed by atoms with E-state index in [0.29, 0.717) is 31.1 Å². The molecule has 1 heterocycles. The SMILES string of the molecule is Cc1ccc(N2CCN(S(=O)(=O)c3ccccc3C)CC2)cc1C. The Bertz CT molecular complexity index is 838. The van der Waals surface area contributed by atoms with Crippen LogP contribution < -0.4 is 4.90 Å². The predicted molar refractivity (Wildman–Crippen MR) is 98.1 cm³/mol. The molecule has 0 atom stereocenters. The van der Waals surface area contributed by atoms with Gasteiger partial charge >= 0.3 is 0 Å². The standard InChI is InChI=1S/C19H24N2O2S/c1-15-8-9-18(14-17(15)3)20-10-12-21(13-11-20)24(22,23)19-7-5-4-6-16(19)2/h4-9,14H,10-13H2,1-3H3. The highest BCUT2D eigenvalue weighted by Gasteiger charge is 2.29. The van der Waals surface area contributed by atoms with Gasteiger partial charge in [-0.3, -0.25) is 0 Å². The summed E-state index contributed by atoms with van der Waals surface area (Å²) in [6.45, 7) is 8.52. The minimum Gasteiger partial charge on any atom is -0.369 e. The van der Waals surface area contributed by atoms with Crippen LogP contribution in [0.3, 0.4) is 0 Å². The lowest BCUT2D eigenvalue weighted by Gasteiger charge is -2.35. The topological polar surface area (TPSA) is 40.6 Å². The van der Waals surface area contributed by atoms with Gasteiger partial charge in [-0.25, -0.2) is 8.42 Å². The third-order valence-electron chi connectivity index (χ3n) is 4.81. The number of rotatable bonds is 3. The minimum atomic E-state index is -3.41. The van der Waals surface area contributed by atoms with E-state index in [2.05, 4.69) is 36.9 Å². The van der Waals surface area contributed by atoms with Crippen molar-refractivity contribution in [1.82, 2.24) is 4.31 Å². The van der Waals surface area contributed by atoms with Crippen molar-refractivity contribution >= 4 is 15.7 Å². The molecule has 0 unspecified atom stereocenters. The van der Waals surface area contributed by atoms with Crippen molar-refractivity contribution in [3.05, 3.63) is 59.2 Å². The van der Waals surface area contributed by atoms with Crippen molar-refractivity contribution in [2.75, 3.05) is 31.1 Å². The van der Waals surface area contributed by atoms with Gasteiger partial charge in [0.15, 0.2) is 0 Å². The highest BCUT2D eigenvalue weighted by molar-refractivity contribution is 7.89. The lowest BCUT2D eigenvalue weighted by molar-refractivity contribution is 0.384. The zero-order valence-electron chi connectivity index (χ0n) is 14.5. The molecule has 0 aromatic heterocycles. The Morgan fingerprint density at radius 3 is 2.08 bits per heavy atom. The highest BCUT2D eigenvalue weighted by atomic mass is 32.2. The van der Waals surface area contributed by atoms with Crippen LogP contribution >= 0.6 is 0 Å². The number of hydrogen-bond donors (Lipinski definition) is 0. The van der Waals surface area contributed by atoms with Crippen molar-refractivity contribution in [2.45, 2.75) is 25.7 Å². The molecule has 1 aliphatic rings. The van der Waals surface area contributed by atoms with Gasteiger partial charge < -0.3 is 4.90 Å². The summed E-state index contributed by atoms with van der Waals surface area (Å²) in [5.41, 5.74) is 4.52. The third kappa shape index (κ3) is 3.19. The van der Waals surface area contributed by atoms with Gasteiger partial charge in [0, 0.05) is 31.9 Å². The maximum atomic E-state index is 12.9. The number of sulfonamides is 1. The van der Waals surface area contributed by atoms with Crippen LogP contribution in [0.1, 0.15) is 16.7 Å². The summed E-state index contributed by atoms with van der Waals surface area (Å²) >= 11 is 0. The second kappa shape index (κ2) is 6.57. The second-order valence-electron chi connectivity index (χ2n) is 6.43. The predicted octanol–water partition coefficient (Wildman–Crippen LogP) is 3.12. The summed E-state index contributed by atoms with van der Waals surface area (Å²) in [6.07, 6.45) is 0. The first-order valence-electron chi connectivity index (χ1n) is 8.27. The van der Waals surface area contributed by atoms with Crippen molar-refractivity contribution < 1.29 is 8.42 Å². The molecule has 1 fully saturated rings. The average molecular weight is 344 g/mol. The molecule has 1 saturated heterocycles. The maximum absolute atomic E-state index is 12.9. The van der Waals surface area contributed by atoms with Crippen LogP contribution in [0.25, 0.3) is 0 Å². The highest BCUT2D eigenvalue weighted by Crippen LogP contribution is 2.24. The first-order chi connectivity index (χ1) is 11.4. The Labute approximate surface area is 144 Å². The Hall–Kier alpha value is -1.85. The number of anilines is 1. The van der Waals surface area contributed by atoms with Crippen molar-refractivity contribution in [3.8, 4) is 0 Å². The Morgan fingerprint density at radius 1 is 0.792 bits per heavy atom. The van der Waals surface area contributed by atoms with Crippen LogP contribution in [-0.4, -0.2) is 38.9 Å². The summed E-state index contributed by atoms with van der Waals surface area (Å²) in [4.78, 5) is 2.68.